The van der Waals surface area contributed by atoms with Crippen LogP contribution in [-0.2, 0) is 11.3 Å². The van der Waals surface area contributed by atoms with Crippen molar-refractivity contribution in [2.24, 2.45) is 5.92 Å². The summed E-state index contributed by atoms with van der Waals surface area (Å²) in [5.74, 6) is -0.179. The van der Waals surface area contributed by atoms with Crippen molar-refractivity contribution in [2.45, 2.75) is 33.2 Å². The molecule has 1 fully saturated rings. The van der Waals surface area contributed by atoms with E-state index < -0.39 is 0 Å². The normalized spacial score (nSPS) is 17.4. The van der Waals surface area contributed by atoms with Crippen LogP contribution in [0.1, 0.15) is 40.2 Å². The predicted octanol–water partition coefficient (Wildman–Crippen LogP) is 2.20. The average Bonchev–Trinajstić information content (AvgIpc) is 2.98. The molecule has 2 aromatic heterocycles. The third-order valence-electron chi connectivity index (χ3n) is 4.63. The first-order chi connectivity index (χ1) is 12.0. The van der Waals surface area contributed by atoms with Gasteiger partial charge in [-0.2, -0.15) is 0 Å². The second-order valence-electron chi connectivity index (χ2n) is 6.68. The highest BCUT2D eigenvalue weighted by Crippen LogP contribution is 2.20. The van der Waals surface area contributed by atoms with Crippen molar-refractivity contribution in [2.75, 3.05) is 13.1 Å². The largest absolute Gasteiger partial charge is 0.354 e. The molecule has 6 nitrogen and oxygen atoms in total. The van der Waals surface area contributed by atoms with E-state index in [0.29, 0.717) is 25.3 Å². The fraction of sp³-hybridized carbons (Fsp3) is 0.421. The van der Waals surface area contributed by atoms with Crippen molar-refractivity contribution in [3.05, 3.63) is 53.1 Å². The molecule has 132 valence electrons. The van der Waals surface area contributed by atoms with Crippen molar-refractivity contribution in [3.8, 4) is 0 Å². The van der Waals surface area contributed by atoms with Crippen molar-refractivity contribution < 1.29 is 9.59 Å². The van der Waals surface area contributed by atoms with Gasteiger partial charge in [0.05, 0.1) is 5.92 Å². The summed E-state index contributed by atoms with van der Waals surface area (Å²) in [6, 6.07) is 5.75. The summed E-state index contributed by atoms with van der Waals surface area (Å²) in [6.07, 6.45) is 5.11. The van der Waals surface area contributed by atoms with E-state index in [1.54, 1.807) is 17.3 Å². The predicted molar refractivity (Wildman–Crippen MR) is 95.0 cm³/mol. The van der Waals surface area contributed by atoms with Gasteiger partial charge in [0.2, 0.25) is 5.91 Å². The summed E-state index contributed by atoms with van der Waals surface area (Å²) in [5.41, 5.74) is 3.53. The van der Waals surface area contributed by atoms with Crippen molar-refractivity contribution in [1.29, 1.82) is 0 Å². The molecule has 1 atom stereocenters. The Morgan fingerprint density at radius 3 is 2.92 bits per heavy atom. The second-order valence-corrected chi connectivity index (χ2v) is 6.68. The smallest absolute Gasteiger partial charge is 0.270 e. The summed E-state index contributed by atoms with van der Waals surface area (Å²) in [5, 5.41) is 2.96. The molecule has 25 heavy (non-hydrogen) atoms. The number of pyridine rings is 1. The van der Waals surface area contributed by atoms with Crippen LogP contribution in [0.5, 0.6) is 0 Å². The van der Waals surface area contributed by atoms with E-state index in [-0.39, 0.29) is 17.7 Å². The van der Waals surface area contributed by atoms with Crippen molar-refractivity contribution >= 4 is 11.8 Å². The first kappa shape index (κ1) is 17.2. The standard InChI is InChI=1S/C19H24N4O2/c1-13-9-14(2)22-17(13)19(25)23-8-4-6-16(12-23)18(24)21-11-15-5-3-7-20-10-15/h3,5,7,9-10,16,22H,4,6,8,11-12H2,1-2H3,(H,21,24)/t16-/m0/s1. The van der Waals surface area contributed by atoms with Gasteiger partial charge in [0.15, 0.2) is 0 Å². The number of rotatable bonds is 4. The fourth-order valence-electron chi connectivity index (χ4n) is 3.32. The molecule has 0 bridgehead atoms. The zero-order valence-electron chi connectivity index (χ0n) is 14.7. The Balaban J connectivity index is 1.59. The van der Waals surface area contributed by atoms with Crippen LogP contribution in [0.3, 0.4) is 0 Å². The molecule has 3 heterocycles. The minimum Gasteiger partial charge on any atom is -0.354 e. The highest BCUT2D eigenvalue weighted by molar-refractivity contribution is 5.94. The topological polar surface area (TPSA) is 78.1 Å². The number of aromatic amines is 1. The molecule has 1 saturated heterocycles. The molecule has 2 aromatic rings. The monoisotopic (exact) mass is 340 g/mol. The van der Waals surface area contributed by atoms with Gasteiger partial charge in [0.1, 0.15) is 5.69 Å². The van der Waals surface area contributed by atoms with Gasteiger partial charge in [-0.15, -0.1) is 0 Å². The Morgan fingerprint density at radius 2 is 2.24 bits per heavy atom. The molecule has 0 radical (unpaired) electrons. The van der Waals surface area contributed by atoms with E-state index in [9.17, 15) is 9.59 Å². The van der Waals surface area contributed by atoms with E-state index in [4.69, 9.17) is 0 Å². The third kappa shape index (κ3) is 4.07. The molecule has 2 amide bonds. The molecule has 0 spiro atoms. The lowest BCUT2D eigenvalue weighted by atomic mass is 9.96. The van der Waals surface area contributed by atoms with Gasteiger partial charge in [-0.3, -0.25) is 14.6 Å². The molecule has 0 saturated carbocycles. The number of aryl methyl sites for hydroxylation is 2. The highest BCUT2D eigenvalue weighted by atomic mass is 16.2. The van der Waals surface area contributed by atoms with Gasteiger partial charge >= 0.3 is 0 Å². The number of piperidine rings is 1. The third-order valence-corrected chi connectivity index (χ3v) is 4.63. The number of amides is 2. The number of likely N-dealkylation sites (tertiary alicyclic amines) is 1. The number of hydrogen-bond donors (Lipinski definition) is 2. The minimum atomic E-state index is -0.161. The van der Waals surface area contributed by atoms with Gasteiger partial charge in [-0.25, -0.2) is 0 Å². The molecule has 0 aromatic carbocycles. The SMILES string of the molecule is Cc1cc(C)c(C(=O)N2CCC[C@H](C(=O)NCc3cccnc3)C2)[nH]1. The zero-order chi connectivity index (χ0) is 17.8. The number of nitrogens with one attached hydrogen (secondary N) is 2. The summed E-state index contributed by atoms with van der Waals surface area (Å²) in [7, 11) is 0. The van der Waals surface area contributed by atoms with Gasteiger partial charge < -0.3 is 15.2 Å². The number of H-pyrrole nitrogens is 1. The van der Waals surface area contributed by atoms with Crippen LogP contribution in [0, 0.1) is 19.8 Å². The maximum atomic E-state index is 12.7. The number of nitrogens with zero attached hydrogens (tertiary/aromatic N) is 2. The zero-order valence-corrected chi connectivity index (χ0v) is 14.7. The molecular formula is C19H24N4O2. The van der Waals surface area contributed by atoms with Gasteiger partial charge in [-0.05, 0) is 49.9 Å². The highest BCUT2D eigenvalue weighted by Gasteiger charge is 2.29. The number of hydrogen-bond acceptors (Lipinski definition) is 3. The summed E-state index contributed by atoms with van der Waals surface area (Å²) >= 11 is 0. The molecule has 2 N–H and O–H groups in total. The molecule has 1 aliphatic heterocycles. The summed E-state index contributed by atoms with van der Waals surface area (Å²) in [6.45, 7) is 5.50. The first-order valence-corrected chi connectivity index (χ1v) is 8.66. The van der Waals surface area contributed by atoms with E-state index in [2.05, 4.69) is 15.3 Å². The molecule has 3 rings (SSSR count). The maximum Gasteiger partial charge on any atom is 0.270 e. The number of aromatic nitrogens is 2. The van der Waals surface area contributed by atoms with Crippen LogP contribution in [0.25, 0.3) is 0 Å². The van der Waals surface area contributed by atoms with Crippen LogP contribution in [0.4, 0.5) is 0 Å². The van der Waals surface area contributed by atoms with Gasteiger partial charge in [0, 0.05) is 37.7 Å². The lowest BCUT2D eigenvalue weighted by molar-refractivity contribution is -0.126. The molecular weight excluding hydrogens is 316 g/mol. The average molecular weight is 340 g/mol. The Bertz CT molecular complexity index is 754. The Morgan fingerprint density at radius 1 is 1.40 bits per heavy atom. The lowest BCUT2D eigenvalue weighted by Crippen LogP contribution is -2.45. The maximum absolute atomic E-state index is 12.7. The van der Waals surface area contributed by atoms with Crippen LogP contribution >= 0.6 is 0 Å². The molecule has 6 heteroatoms. The number of carbonyl (C=O) groups is 2. The summed E-state index contributed by atoms with van der Waals surface area (Å²) < 4.78 is 0. The van der Waals surface area contributed by atoms with E-state index >= 15 is 0 Å². The molecule has 1 aliphatic rings. The van der Waals surface area contributed by atoms with E-state index in [0.717, 1.165) is 29.7 Å². The number of carbonyl (C=O) groups excluding carboxylic acids is 2. The van der Waals surface area contributed by atoms with Crippen molar-refractivity contribution in [1.82, 2.24) is 20.2 Å². The quantitative estimate of drug-likeness (QED) is 0.895. The van der Waals surface area contributed by atoms with Crippen LogP contribution in [0.15, 0.2) is 30.6 Å². The van der Waals surface area contributed by atoms with Crippen molar-refractivity contribution in [3.63, 3.8) is 0 Å². The van der Waals surface area contributed by atoms with E-state index in [1.807, 2.05) is 32.0 Å². The lowest BCUT2D eigenvalue weighted by Gasteiger charge is -2.32. The van der Waals surface area contributed by atoms with Crippen LogP contribution in [-0.4, -0.2) is 39.8 Å². The minimum absolute atomic E-state index is 0.000686. The fourth-order valence-corrected chi connectivity index (χ4v) is 3.32. The van der Waals surface area contributed by atoms with E-state index in [1.165, 1.54) is 0 Å². The second kappa shape index (κ2) is 7.51. The Labute approximate surface area is 147 Å². The van der Waals surface area contributed by atoms with Crippen LogP contribution in [0.2, 0.25) is 0 Å². The Hall–Kier alpha value is -2.63. The summed E-state index contributed by atoms with van der Waals surface area (Å²) in [4.78, 5) is 34.2. The Kier molecular flexibility index (Phi) is 5.16. The van der Waals surface area contributed by atoms with Crippen LogP contribution < -0.4 is 5.32 Å². The van der Waals surface area contributed by atoms with Gasteiger partial charge in [-0.1, -0.05) is 6.07 Å². The molecule has 0 aliphatic carbocycles. The molecule has 0 unspecified atom stereocenters. The first-order valence-electron chi connectivity index (χ1n) is 8.66. The van der Waals surface area contributed by atoms with Gasteiger partial charge in [0.25, 0.3) is 5.91 Å².